The maximum absolute atomic E-state index is 5.67. The SMILES string of the molecule is CC1CCc2nc(-c3ccc(N)cc3)nn2C1. The summed E-state index contributed by atoms with van der Waals surface area (Å²) in [6.45, 7) is 3.24. The van der Waals surface area contributed by atoms with Gasteiger partial charge in [-0.05, 0) is 36.6 Å². The second-order valence-corrected chi connectivity index (χ2v) is 4.80. The fraction of sp³-hybridized carbons (Fsp3) is 0.385. The molecule has 0 aliphatic carbocycles. The molecule has 1 aliphatic heterocycles. The van der Waals surface area contributed by atoms with E-state index in [1.807, 2.05) is 28.9 Å². The van der Waals surface area contributed by atoms with E-state index in [0.717, 1.165) is 35.9 Å². The van der Waals surface area contributed by atoms with Crippen LogP contribution in [0.5, 0.6) is 0 Å². The molecule has 1 unspecified atom stereocenters. The van der Waals surface area contributed by atoms with Crippen molar-refractivity contribution in [1.29, 1.82) is 0 Å². The molecule has 3 rings (SSSR count). The van der Waals surface area contributed by atoms with Crippen molar-refractivity contribution in [3.8, 4) is 11.4 Å². The van der Waals surface area contributed by atoms with E-state index in [2.05, 4.69) is 17.0 Å². The first-order valence-electron chi connectivity index (χ1n) is 6.02. The van der Waals surface area contributed by atoms with Gasteiger partial charge in [0.25, 0.3) is 0 Å². The molecule has 1 aliphatic rings. The van der Waals surface area contributed by atoms with Crippen molar-refractivity contribution in [3.05, 3.63) is 30.1 Å². The van der Waals surface area contributed by atoms with Gasteiger partial charge in [-0.3, -0.25) is 0 Å². The van der Waals surface area contributed by atoms with Gasteiger partial charge < -0.3 is 5.73 Å². The molecule has 1 aromatic heterocycles. The molecule has 0 spiro atoms. The molecule has 2 aromatic rings. The lowest BCUT2D eigenvalue weighted by molar-refractivity contribution is 0.368. The highest BCUT2D eigenvalue weighted by atomic mass is 15.4. The van der Waals surface area contributed by atoms with Crippen LogP contribution in [-0.2, 0) is 13.0 Å². The minimum Gasteiger partial charge on any atom is -0.399 e. The Morgan fingerprint density at radius 3 is 2.82 bits per heavy atom. The summed E-state index contributed by atoms with van der Waals surface area (Å²) >= 11 is 0. The zero-order valence-electron chi connectivity index (χ0n) is 9.93. The van der Waals surface area contributed by atoms with Gasteiger partial charge >= 0.3 is 0 Å². The molecule has 88 valence electrons. The van der Waals surface area contributed by atoms with Crippen LogP contribution in [0.15, 0.2) is 24.3 Å². The Morgan fingerprint density at radius 1 is 1.29 bits per heavy atom. The van der Waals surface area contributed by atoms with Gasteiger partial charge in [0, 0.05) is 24.2 Å². The lowest BCUT2D eigenvalue weighted by Gasteiger charge is -2.17. The number of nitrogens with two attached hydrogens (primary N) is 1. The number of rotatable bonds is 1. The van der Waals surface area contributed by atoms with Crippen LogP contribution in [0.3, 0.4) is 0 Å². The number of aromatic nitrogens is 3. The average Bonchev–Trinajstić information content (AvgIpc) is 2.72. The molecule has 2 N–H and O–H groups in total. The first-order valence-corrected chi connectivity index (χ1v) is 6.02. The highest BCUT2D eigenvalue weighted by Crippen LogP contribution is 2.22. The maximum atomic E-state index is 5.67. The van der Waals surface area contributed by atoms with E-state index in [1.54, 1.807) is 0 Å². The van der Waals surface area contributed by atoms with Gasteiger partial charge in [-0.2, -0.15) is 5.10 Å². The van der Waals surface area contributed by atoms with Crippen molar-refractivity contribution in [2.75, 3.05) is 5.73 Å². The molecule has 0 saturated carbocycles. The topological polar surface area (TPSA) is 56.7 Å². The van der Waals surface area contributed by atoms with Gasteiger partial charge in [0.1, 0.15) is 5.82 Å². The van der Waals surface area contributed by atoms with E-state index >= 15 is 0 Å². The molecule has 0 saturated heterocycles. The predicted molar refractivity (Wildman–Crippen MR) is 67.4 cm³/mol. The van der Waals surface area contributed by atoms with Crippen LogP contribution >= 0.6 is 0 Å². The number of anilines is 1. The Kier molecular flexibility index (Phi) is 2.35. The second-order valence-electron chi connectivity index (χ2n) is 4.80. The summed E-state index contributed by atoms with van der Waals surface area (Å²) in [5, 5.41) is 4.57. The van der Waals surface area contributed by atoms with Crippen molar-refractivity contribution in [3.63, 3.8) is 0 Å². The Morgan fingerprint density at radius 2 is 2.06 bits per heavy atom. The Labute approximate surface area is 100 Å². The van der Waals surface area contributed by atoms with Gasteiger partial charge in [-0.1, -0.05) is 6.92 Å². The number of benzene rings is 1. The average molecular weight is 228 g/mol. The Hall–Kier alpha value is -1.84. The molecule has 4 heteroatoms. The molecular formula is C13H16N4. The summed E-state index contributed by atoms with van der Waals surface area (Å²) in [7, 11) is 0. The van der Waals surface area contributed by atoms with Crippen LogP contribution in [0.4, 0.5) is 5.69 Å². The van der Waals surface area contributed by atoms with Crippen molar-refractivity contribution >= 4 is 5.69 Å². The van der Waals surface area contributed by atoms with Crippen LogP contribution in [0.2, 0.25) is 0 Å². The van der Waals surface area contributed by atoms with Gasteiger partial charge in [-0.25, -0.2) is 9.67 Å². The Bertz CT molecular complexity index is 527. The number of hydrogen-bond donors (Lipinski definition) is 1. The third kappa shape index (κ3) is 1.90. The quantitative estimate of drug-likeness (QED) is 0.760. The normalized spacial score (nSPS) is 19.0. The van der Waals surface area contributed by atoms with Gasteiger partial charge in [0.05, 0.1) is 0 Å². The third-order valence-electron chi connectivity index (χ3n) is 3.26. The number of aryl methyl sites for hydroxylation is 1. The first kappa shape index (κ1) is 10.3. The van der Waals surface area contributed by atoms with Crippen LogP contribution in [-0.4, -0.2) is 14.8 Å². The van der Waals surface area contributed by atoms with Crippen LogP contribution in [0, 0.1) is 5.92 Å². The predicted octanol–water partition coefficient (Wildman–Crippen LogP) is 2.11. The van der Waals surface area contributed by atoms with Gasteiger partial charge in [-0.15, -0.1) is 0 Å². The molecule has 1 aromatic carbocycles. The second kappa shape index (κ2) is 3.87. The lowest BCUT2D eigenvalue weighted by atomic mass is 10.0. The monoisotopic (exact) mass is 228 g/mol. The summed E-state index contributed by atoms with van der Waals surface area (Å²) < 4.78 is 2.04. The summed E-state index contributed by atoms with van der Waals surface area (Å²) in [6.07, 6.45) is 2.24. The van der Waals surface area contributed by atoms with Crippen molar-refractivity contribution < 1.29 is 0 Å². The molecule has 1 atom stereocenters. The van der Waals surface area contributed by atoms with E-state index in [4.69, 9.17) is 5.73 Å². The molecule has 4 nitrogen and oxygen atoms in total. The van der Waals surface area contributed by atoms with Crippen LogP contribution in [0.25, 0.3) is 11.4 Å². The summed E-state index contributed by atoms with van der Waals surface area (Å²) in [4.78, 5) is 4.60. The molecule has 0 amide bonds. The van der Waals surface area contributed by atoms with E-state index < -0.39 is 0 Å². The third-order valence-corrected chi connectivity index (χ3v) is 3.26. The van der Waals surface area contributed by atoms with Gasteiger partial charge in [0.2, 0.25) is 0 Å². The number of nitrogens with zero attached hydrogens (tertiary/aromatic N) is 3. The number of fused-ring (bicyclic) bond motifs is 1. The molecule has 0 radical (unpaired) electrons. The maximum Gasteiger partial charge on any atom is 0.181 e. The fourth-order valence-electron chi connectivity index (χ4n) is 2.22. The largest absolute Gasteiger partial charge is 0.399 e. The lowest BCUT2D eigenvalue weighted by Crippen LogP contribution is -2.18. The van der Waals surface area contributed by atoms with Crippen molar-refractivity contribution in [2.45, 2.75) is 26.3 Å². The van der Waals surface area contributed by atoms with E-state index in [0.29, 0.717) is 5.92 Å². The summed E-state index contributed by atoms with van der Waals surface area (Å²) in [5.41, 5.74) is 7.48. The Balaban J connectivity index is 1.97. The minimum absolute atomic E-state index is 0.698. The zero-order valence-corrected chi connectivity index (χ0v) is 9.93. The highest BCUT2D eigenvalue weighted by Gasteiger charge is 2.18. The number of hydrogen-bond acceptors (Lipinski definition) is 3. The van der Waals surface area contributed by atoms with Crippen LogP contribution < -0.4 is 5.73 Å². The van der Waals surface area contributed by atoms with Crippen molar-refractivity contribution in [1.82, 2.24) is 14.8 Å². The van der Waals surface area contributed by atoms with E-state index in [9.17, 15) is 0 Å². The van der Waals surface area contributed by atoms with E-state index in [-0.39, 0.29) is 0 Å². The van der Waals surface area contributed by atoms with Crippen LogP contribution in [0.1, 0.15) is 19.2 Å². The first-order chi connectivity index (χ1) is 8.22. The summed E-state index contributed by atoms with van der Waals surface area (Å²) in [5.74, 6) is 2.62. The molecule has 17 heavy (non-hydrogen) atoms. The highest BCUT2D eigenvalue weighted by molar-refractivity contribution is 5.58. The molecule has 2 heterocycles. The minimum atomic E-state index is 0.698. The number of nitrogen functional groups attached to an aromatic ring is 1. The molecule has 0 fully saturated rings. The standard InChI is InChI=1S/C13H16N4/c1-9-2-7-12-15-13(16-17(12)8-9)10-3-5-11(14)6-4-10/h3-6,9H,2,7-8,14H2,1H3. The zero-order chi connectivity index (χ0) is 11.8. The summed E-state index contributed by atoms with van der Waals surface area (Å²) in [6, 6.07) is 7.72. The smallest absolute Gasteiger partial charge is 0.181 e. The van der Waals surface area contributed by atoms with E-state index in [1.165, 1.54) is 6.42 Å². The fourth-order valence-corrected chi connectivity index (χ4v) is 2.22. The van der Waals surface area contributed by atoms with Crippen molar-refractivity contribution in [2.24, 2.45) is 5.92 Å². The van der Waals surface area contributed by atoms with Gasteiger partial charge in [0.15, 0.2) is 5.82 Å². The molecule has 0 bridgehead atoms. The molecular weight excluding hydrogens is 212 g/mol.